The van der Waals surface area contributed by atoms with Crippen LogP contribution < -0.4 is 22.3 Å². The number of carbonyl (C=O) groups excluding carboxylic acids is 2. The number of nitrogen functional groups attached to an aromatic ring is 1. The standard InChI is InChI=1S/C12H17N5O4/c13-11(18)3-1-2-6-15-12(19)9-7-8(17(20)21)4-5-10(9)16-14/h4-5,7,16H,1-3,6,14H2,(H2,13,18)(H,15,19). The molecule has 0 aliphatic rings. The molecular formula is C12H17N5O4. The minimum absolute atomic E-state index is 0.0848. The van der Waals surface area contributed by atoms with E-state index in [-0.39, 0.29) is 23.4 Å². The van der Waals surface area contributed by atoms with Crippen molar-refractivity contribution in [3.63, 3.8) is 0 Å². The zero-order valence-corrected chi connectivity index (χ0v) is 11.3. The summed E-state index contributed by atoms with van der Waals surface area (Å²) < 4.78 is 0. The third-order valence-corrected chi connectivity index (χ3v) is 2.75. The van der Waals surface area contributed by atoms with Gasteiger partial charge in [-0.25, -0.2) is 0 Å². The van der Waals surface area contributed by atoms with Gasteiger partial charge in [-0.1, -0.05) is 0 Å². The van der Waals surface area contributed by atoms with Gasteiger partial charge in [-0.3, -0.25) is 25.5 Å². The summed E-state index contributed by atoms with van der Waals surface area (Å²) in [6.45, 7) is 0.332. The van der Waals surface area contributed by atoms with E-state index in [0.717, 1.165) is 6.07 Å². The molecule has 2 amide bonds. The van der Waals surface area contributed by atoms with Gasteiger partial charge >= 0.3 is 0 Å². The minimum Gasteiger partial charge on any atom is -0.370 e. The van der Waals surface area contributed by atoms with E-state index in [4.69, 9.17) is 11.6 Å². The van der Waals surface area contributed by atoms with Crippen LogP contribution in [0.3, 0.4) is 0 Å². The maximum atomic E-state index is 12.0. The highest BCUT2D eigenvalue weighted by Crippen LogP contribution is 2.21. The molecule has 0 unspecified atom stereocenters. The molecule has 0 saturated carbocycles. The second-order valence-corrected chi connectivity index (χ2v) is 4.31. The molecule has 0 radical (unpaired) electrons. The number of primary amides is 1. The Morgan fingerprint density at radius 2 is 2.00 bits per heavy atom. The van der Waals surface area contributed by atoms with Crippen LogP contribution in [0.1, 0.15) is 29.6 Å². The van der Waals surface area contributed by atoms with Gasteiger partial charge in [-0.2, -0.15) is 0 Å². The van der Waals surface area contributed by atoms with Crippen molar-refractivity contribution in [2.75, 3.05) is 12.0 Å². The number of rotatable bonds is 8. The predicted molar refractivity (Wildman–Crippen MR) is 76.3 cm³/mol. The second-order valence-electron chi connectivity index (χ2n) is 4.31. The van der Waals surface area contributed by atoms with Crippen molar-refractivity contribution < 1.29 is 14.5 Å². The number of unbranched alkanes of at least 4 members (excludes halogenated alkanes) is 1. The number of hydrazine groups is 1. The average Bonchev–Trinajstić information content (AvgIpc) is 2.45. The molecule has 6 N–H and O–H groups in total. The lowest BCUT2D eigenvalue weighted by molar-refractivity contribution is -0.384. The van der Waals surface area contributed by atoms with Crippen LogP contribution in [0.15, 0.2) is 18.2 Å². The molecule has 114 valence electrons. The number of anilines is 1. The summed E-state index contributed by atoms with van der Waals surface area (Å²) in [5.41, 5.74) is 7.48. The Hall–Kier alpha value is -2.68. The van der Waals surface area contributed by atoms with Gasteiger partial charge in [0.05, 0.1) is 16.2 Å². The molecule has 1 aromatic carbocycles. The van der Waals surface area contributed by atoms with Crippen LogP contribution in [0.4, 0.5) is 11.4 Å². The normalized spacial score (nSPS) is 9.95. The maximum Gasteiger partial charge on any atom is 0.270 e. The zero-order chi connectivity index (χ0) is 15.8. The summed E-state index contributed by atoms with van der Waals surface area (Å²) in [7, 11) is 0. The van der Waals surface area contributed by atoms with Crippen LogP contribution in [-0.2, 0) is 4.79 Å². The number of benzene rings is 1. The lowest BCUT2D eigenvalue weighted by Crippen LogP contribution is -2.26. The quantitative estimate of drug-likeness (QED) is 0.233. The Morgan fingerprint density at radius 3 is 2.57 bits per heavy atom. The number of amides is 2. The molecular weight excluding hydrogens is 278 g/mol. The number of hydrogen-bond acceptors (Lipinski definition) is 6. The molecule has 21 heavy (non-hydrogen) atoms. The Kier molecular flexibility index (Phi) is 6.08. The van der Waals surface area contributed by atoms with Crippen LogP contribution >= 0.6 is 0 Å². The first-order chi connectivity index (χ1) is 9.95. The summed E-state index contributed by atoms with van der Waals surface area (Å²) in [4.78, 5) is 32.7. The van der Waals surface area contributed by atoms with Gasteiger partial charge in [0.2, 0.25) is 5.91 Å². The van der Waals surface area contributed by atoms with Crippen molar-refractivity contribution in [3.05, 3.63) is 33.9 Å². The van der Waals surface area contributed by atoms with Gasteiger partial charge in [0, 0.05) is 25.1 Å². The van der Waals surface area contributed by atoms with E-state index in [9.17, 15) is 19.7 Å². The topological polar surface area (TPSA) is 153 Å². The van der Waals surface area contributed by atoms with E-state index < -0.39 is 16.7 Å². The number of nitrogens with zero attached hydrogens (tertiary/aromatic N) is 1. The molecule has 0 fully saturated rings. The first-order valence-corrected chi connectivity index (χ1v) is 6.27. The van der Waals surface area contributed by atoms with Crippen molar-refractivity contribution in [1.29, 1.82) is 0 Å². The van der Waals surface area contributed by atoms with Gasteiger partial charge in [-0.05, 0) is 18.9 Å². The maximum absolute atomic E-state index is 12.0. The lowest BCUT2D eigenvalue weighted by Gasteiger charge is -2.09. The van der Waals surface area contributed by atoms with Gasteiger partial charge < -0.3 is 16.5 Å². The van der Waals surface area contributed by atoms with E-state index >= 15 is 0 Å². The van der Waals surface area contributed by atoms with Crippen LogP contribution in [0.2, 0.25) is 0 Å². The number of nitrogens with two attached hydrogens (primary N) is 2. The van der Waals surface area contributed by atoms with Gasteiger partial charge in [0.1, 0.15) is 0 Å². The molecule has 1 aromatic rings. The molecule has 0 heterocycles. The molecule has 0 aliphatic heterocycles. The molecule has 0 aliphatic carbocycles. The molecule has 0 atom stereocenters. The molecule has 0 bridgehead atoms. The number of nitrogens with one attached hydrogen (secondary N) is 2. The fourth-order valence-corrected chi connectivity index (χ4v) is 1.68. The SMILES string of the molecule is NNc1ccc([N+](=O)[O-])cc1C(=O)NCCCCC(N)=O. The largest absolute Gasteiger partial charge is 0.370 e. The first kappa shape index (κ1) is 16.4. The average molecular weight is 295 g/mol. The van der Waals surface area contributed by atoms with Crippen molar-refractivity contribution in [2.24, 2.45) is 11.6 Å². The van der Waals surface area contributed by atoms with E-state index in [1.807, 2.05) is 0 Å². The highest BCUT2D eigenvalue weighted by molar-refractivity contribution is 6.00. The highest BCUT2D eigenvalue weighted by Gasteiger charge is 2.16. The number of carbonyl (C=O) groups is 2. The summed E-state index contributed by atoms with van der Waals surface area (Å²) >= 11 is 0. The van der Waals surface area contributed by atoms with Crippen LogP contribution in [0.5, 0.6) is 0 Å². The second kappa shape index (κ2) is 7.80. The predicted octanol–water partition coefficient (Wildman–Crippen LogP) is 0.266. The third kappa shape index (κ3) is 5.07. The Balaban J connectivity index is 2.65. The lowest BCUT2D eigenvalue weighted by atomic mass is 10.1. The summed E-state index contributed by atoms with van der Waals surface area (Å²) in [5.74, 6) is 4.40. The van der Waals surface area contributed by atoms with Gasteiger partial charge in [0.15, 0.2) is 0 Å². The van der Waals surface area contributed by atoms with Gasteiger partial charge in [-0.15, -0.1) is 0 Å². The monoisotopic (exact) mass is 295 g/mol. The fourth-order valence-electron chi connectivity index (χ4n) is 1.68. The summed E-state index contributed by atoms with van der Waals surface area (Å²) in [6, 6.07) is 3.76. The minimum atomic E-state index is -0.593. The van der Waals surface area contributed by atoms with Crippen LogP contribution in [-0.4, -0.2) is 23.3 Å². The van der Waals surface area contributed by atoms with Crippen molar-refractivity contribution in [3.8, 4) is 0 Å². The molecule has 9 nitrogen and oxygen atoms in total. The van der Waals surface area contributed by atoms with E-state index in [1.165, 1.54) is 12.1 Å². The number of nitro benzene ring substituents is 1. The summed E-state index contributed by atoms with van der Waals surface area (Å²) in [6.07, 6.45) is 1.39. The van der Waals surface area contributed by atoms with Crippen molar-refractivity contribution >= 4 is 23.2 Å². The first-order valence-electron chi connectivity index (χ1n) is 6.27. The Labute approximate surface area is 120 Å². The fraction of sp³-hybridized carbons (Fsp3) is 0.333. The Bertz CT molecular complexity index is 546. The Morgan fingerprint density at radius 1 is 1.29 bits per heavy atom. The molecule has 1 rings (SSSR count). The molecule has 0 aromatic heterocycles. The third-order valence-electron chi connectivity index (χ3n) is 2.75. The van der Waals surface area contributed by atoms with Crippen molar-refractivity contribution in [1.82, 2.24) is 5.32 Å². The van der Waals surface area contributed by atoms with Crippen LogP contribution in [0.25, 0.3) is 0 Å². The number of hydrogen-bond donors (Lipinski definition) is 4. The van der Waals surface area contributed by atoms with Crippen molar-refractivity contribution in [2.45, 2.75) is 19.3 Å². The molecule has 9 heteroatoms. The van der Waals surface area contributed by atoms with E-state index in [2.05, 4.69) is 10.7 Å². The van der Waals surface area contributed by atoms with Crippen LogP contribution in [0, 0.1) is 10.1 Å². The number of non-ortho nitro benzene ring substituents is 1. The molecule has 0 spiro atoms. The van der Waals surface area contributed by atoms with E-state index in [0.29, 0.717) is 19.4 Å². The number of nitro groups is 1. The van der Waals surface area contributed by atoms with Gasteiger partial charge in [0.25, 0.3) is 11.6 Å². The smallest absolute Gasteiger partial charge is 0.270 e. The molecule has 0 saturated heterocycles. The van der Waals surface area contributed by atoms with E-state index in [1.54, 1.807) is 0 Å². The highest BCUT2D eigenvalue weighted by atomic mass is 16.6. The summed E-state index contributed by atoms with van der Waals surface area (Å²) in [5, 5.41) is 13.3. The zero-order valence-electron chi connectivity index (χ0n) is 11.3.